The summed E-state index contributed by atoms with van der Waals surface area (Å²) in [6.07, 6.45) is 12.7. The van der Waals surface area contributed by atoms with E-state index in [2.05, 4.69) is 32.0 Å². The molecular formula is C46H56BBrN4O6S2. The van der Waals surface area contributed by atoms with Crippen LogP contribution in [0.1, 0.15) is 134 Å². The van der Waals surface area contributed by atoms with Crippen LogP contribution in [0.3, 0.4) is 0 Å². The van der Waals surface area contributed by atoms with Gasteiger partial charge in [0.25, 0.3) is 0 Å². The van der Waals surface area contributed by atoms with Gasteiger partial charge in [-0.15, -0.1) is 22.7 Å². The molecule has 6 N–H and O–H groups in total. The number of H-pyrrole nitrogens is 2. The zero-order chi connectivity index (χ0) is 42.8. The zero-order valence-corrected chi connectivity index (χ0v) is 38.6. The van der Waals surface area contributed by atoms with E-state index < -0.39 is 0 Å². The van der Waals surface area contributed by atoms with Crippen LogP contribution in [0.4, 0.5) is 11.4 Å². The molecule has 2 aliphatic carbocycles. The molecule has 60 heavy (non-hydrogen) atoms. The Balaban J connectivity index is 0.000000140. The van der Waals surface area contributed by atoms with Crippen LogP contribution >= 0.6 is 38.6 Å². The van der Waals surface area contributed by atoms with Crippen molar-refractivity contribution < 1.29 is 28.4 Å². The quantitative estimate of drug-likeness (QED) is 0.0731. The first-order valence-electron chi connectivity index (χ1n) is 20.9. The lowest BCUT2D eigenvalue weighted by atomic mass is 9.78. The number of hydrogen-bond donors (Lipinski definition) is 4. The van der Waals surface area contributed by atoms with E-state index in [4.69, 9.17) is 30.2 Å². The van der Waals surface area contributed by atoms with Gasteiger partial charge >= 0.3 is 19.1 Å². The lowest BCUT2D eigenvalue weighted by Crippen LogP contribution is -2.41. The lowest BCUT2D eigenvalue weighted by Gasteiger charge is -2.32. The molecule has 1 aliphatic heterocycles. The second kappa shape index (κ2) is 18.5. The van der Waals surface area contributed by atoms with Crippen molar-refractivity contribution in [3.8, 4) is 11.3 Å². The van der Waals surface area contributed by atoms with Crippen LogP contribution in [0.15, 0.2) is 65.3 Å². The smallest absolute Gasteiger partial charge is 0.465 e. The minimum absolute atomic E-state index is 0.250. The number of aromatic nitrogens is 2. The molecule has 3 fully saturated rings. The van der Waals surface area contributed by atoms with Gasteiger partial charge in [0.05, 0.1) is 56.2 Å². The number of esters is 2. The van der Waals surface area contributed by atoms with E-state index in [9.17, 15) is 9.59 Å². The first kappa shape index (κ1) is 44.0. The van der Waals surface area contributed by atoms with Gasteiger partial charge in [0.2, 0.25) is 0 Å². The number of aromatic amines is 2. The average Bonchev–Trinajstić information content (AvgIpc) is 4.04. The number of nitrogen functional groups attached to an aromatic ring is 2. The minimum Gasteiger partial charge on any atom is -0.465 e. The maximum absolute atomic E-state index is 11.9. The van der Waals surface area contributed by atoms with Crippen molar-refractivity contribution in [1.29, 1.82) is 0 Å². The molecule has 10 nitrogen and oxygen atoms in total. The van der Waals surface area contributed by atoms with Gasteiger partial charge in [-0.05, 0) is 111 Å². The van der Waals surface area contributed by atoms with Crippen molar-refractivity contribution in [3.05, 3.63) is 86.1 Å². The van der Waals surface area contributed by atoms with Gasteiger partial charge in [-0.2, -0.15) is 0 Å². The summed E-state index contributed by atoms with van der Waals surface area (Å²) < 4.78 is 25.0. The lowest BCUT2D eigenvalue weighted by molar-refractivity contribution is 0.00578. The standard InChI is InChI=1S/C20H22N2O2S.C14H16BrNO2S.C12H18BNO2/c1-24-20(23)16-11-15-19(25-16)17(12-7-3-2-4-8-12)18(22-15)13-9-5-6-10-14(13)21;1-18-14(17)10-7-9-12(19-10)11(13(15)16-9)8-5-3-2-4-6-8;1-11(2)12(3,4)16-13(15-11)9-7-5-6-8-10(9)14/h5-6,9-12,22H,2-4,7-8,21H2,1H3;7-8,16H,2-6H2,1H3;5-8H,14H2,1-4H3. The number of rotatable bonds is 6. The van der Waals surface area contributed by atoms with Gasteiger partial charge < -0.3 is 40.2 Å². The molecule has 0 unspecified atom stereocenters. The number of benzene rings is 2. The minimum atomic E-state index is -0.369. The normalized spacial score (nSPS) is 17.8. The van der Waals surface area contributed by atoms with Crippen LogP contribution in [-0.4, -0.2) is 54.4 Å². The van der Waals surface area contributed by atoms with Gasteiger partial charge in [-0.25, -0.2) is 9.59 Å². The average molecular weight is 916 g/mol. The summed E-state index contributed by atoms with van der Waals surface area (Å²) in [6.45, 7) is 8.14. The summed E-state index contributed by atoms with van der Waals surface area (Å²) in [5, 5.41) is 0. The van der Waals surface area contributed by atoms with E-state index in [-0.39, 0.29) is 30.3 Å². The molecule has 318 valence electrons. The topological polar surface area (TPSA) is 155 Å². The highest BCUT2D eigenvalue weighted by atomic mass is 79.9. The highest BCUT2D eigenvalue weighted by molar-refractivity contribution is 9.10. The molecule has 2 aromatic carbocycles. The first-order chi connectivity index (χ1) is 28.7. The second-order valence-electron chi connectivity index (χ2n) is 16.9. The number of fused-ring (bicyclic) bond motifs is 2. The van der Waals surface area contributed by atoms with Crippen molar-refractivity contribution in [2.45, 2.75) is 115 Å². The Morgan fingerprint density at radius 1 is 0.700 bits per heavy atom. The van der Waals surface area contributed by atoms with Crippen molar-refractivity contribution in [2.24, 2.45) is 0 Å². The molecule has 6 aromatic rings. The van der Waals surface area contributed by atoms with Crippen molar-refractivity contribution in [1.82, 2.24) is 9.97 Å². The van der Waals surface area contributed by atoms with Crippen LogP contribution in [0.5, 0.6) is 0 Å². The number of nitrogens with two attached hydrogens (primary N) is 2. The number of halogens is 1. The van der Waals surface area contributed by atoms with Crippen molar-refractivity contribution >= 4 is 94.9 Å². The fraction of sp³-hybridized carbons (Fsp3) is 0.435. The number of nitrogens with one attached hydrogen (secondary N) is 2. The van der Waals surface area contributed by atoms with Crippen LogP contribution in [0.25, 0.3) is 31.7 Å². The first-order valence-corrected chi connectivity index (χ1v) is 23.3. The van der Waals surface area contributed by atoms with Crippen LogP contribution in [0, 0.1) is 0 Å². The number of hydrogen-bond acceptors (Lipinski definition) is 10. The monoisotopic (exact) mass is 914 g/mol. The zero-order valence-electron chi connectivity index (χ0n) is 35.4. The third-order valence-corrected chi connectivity index (χ3v) is 15.4. The maximum atomic E-state index is 11.9. The Hall–Kier alpha value is -4.08. The summed E-state index contributed by atoms with van der Waals surface area (Å²) >= 11 is 6.70. The molecule has 9 rings (SSSR count). The van der Waals surface area contributed by atoms with E-state index in [1.165, 1.54) is 122 Å². The third kappa shape index (κ3) is 9.09. The summed E-state index contributed by atoms with van der Waals surface area (Å²) in [5.41, 5.74) is 20.8. The van der Waals surface area contributed by atoms with E-state index in [1.807, 2.05) is 82.3 Å². The van der Waals surface area contributed by atoms with Gasteiger partial charge in [-0.1, -0.05) is 74.9 Å². The molecule has 2 saturated carbocycles. The Kier molecular flexibility index (Phi) is 13.6. The predicted octanol–water partition coefficient (Wildman–Crippen LogP) is 11.7. The summed E-state index contributed by atoms with van der Waals surface area (Å²) in [7, 11) is 2.48. The highest BCUT2D eigenvalue weighted by Gasteiger charge is 2.52. The number of methoxy groups -OCH3 is 2. The van der Waals surface area contributed by atoms with Gasteiger partial charge in [0.1, 0.15) is 9.75 Å². The van der Waals surface area contributed by atoms with Crippen molar-refractivity contribution in [2.75, 3.05) is 25.7 Å². The number of para-hydroxylation sites is 2. The number of ether oxygens (including phenoxy) is 2. The third-order valence-electron chi connectivity index (χ3n) is 12.5. The molecule has 0 atom stereocenters. The molecule has 1 saturated heterocycles. The van der Waals surface area contributed by atoms with Gasteiger partial charge in [-0.3, -0.25) is 0 Å². The highest BCUT2D eigenvalue weighted by Crippen LogP contribution is 2.47. The molecule has 0 bridgehead atoms. The SMILES string of the molecule is CC1(C)OB(c2ccccc2N)OC1(C)C.COC(=O)c1cc2[nH]c(-c3ccccc3N)c(C3CCCCC3)c2s1.COC(=O)c1cc2[nH]c(Br)c(C3CCCCC3)c2s1. The largest absolute Gasteiger partial charge is 0.496 e. The Morgan fingerprint density at radius 3 is 1.68 bits per heavy atom. The molecule has 14 heteroatoms. The molecule has 0 amide bonds. The van der Waals surface area contributed by atoms with E-state index >= 15 is 0 Å². The predicted molar refractivity (Wildman–Crippen MR) is 251 cm³/mol. The fourth-order valence-corrected chi connectivity index (χ4v) is 11.7. The van der Waals surface area contributed by atoms with Gasteiger partial charge in [0.15, 0.2) is 0 Å². The van der Waals surface area contributed by atoms with E-state index in [0.29, 0.717) is 27.3 Å². The van der Waals surface area contributed by atoms with Crippen LogP contribution in [0.2, 0.25) is 0 Å². The van der Waals surface area contributed by atoms with Crippen LogP contribution in [-0.2, 0) is 18.8 Å². The Labute approximate surface area is 369 Å². The van der Waals surface area contributed by atoms with E-state index in [1.54, 1.807) is 0 Å². The van der Waals surface area contributed by atoms with Gasteiger partial charge in [0, 0.05) is 28.0 Å². The molecular weight excluding hydrogens is 859 g/mol. The molecule has 0 spiro atoms. The summed E-state index contributed by atoms with van der Waals surface area (Å²) in [5.74, 6) is 0.604. The molecule has 3 aliphatic rings. The second-order valence-corrected chi connectivity index (χ2v) is 19.8. The Morgan fingerprint density at radius 2 is 1.17 bits per heavy atom. The number of carbonyl (C=O) groups is 2. The van der Waals surface area contributed by atoms with Crippen molar-refractivity contribution in [3.63, 3.8) is 0 Å². The van der Waals surface area contributed by atoms with E-state index in [0.717, 1.165) is 38.0 Å². The number of carbonyl (C=O) groups excluding carboxylic acids is 2. The van der Waals surface area contributed by atoms with Crippen LogP contribution < -0.4 is 16.9 Å². The summed E-state index contributed by atoms with van der Waals surface area (Å²) in [4.78, 5) is 31.8. The molecule has 4 aromatic heterocycles. The molecule has 0 radical (unpaired) electrons. The molecule has 5 heterocycles. The number of thiophene rings is 2. The number of anilines is 2. The maximum Gasteiger partial charge on any atom is 0.496 e. The fourth-order valence-electron chi connectivity index (χ4n) is 8.54. The Bertz CT molecular complexity index is 2440. The summed E-state index contributed by atoms with van der Waals surface area (Å²) in [6, 6.07) is 19.4.